The first-order valence-corrected chi connectivity index (χ1v) is 16.9. The average Bonchev–Trinajstić information content (AvgIpc) is 3.11. The molecule has 0 fully saturated rings. The highest BCUT2D eigenvalue weighted by molar-refractivity contribution is 6.02. The Morgan fingerprint density at radius 1 is 0.848 bits per heavy atom. The first-order chi connectivity index (χ1) is 22.3. The molecule has 0 saturated heterocycles. The van der Waals surface area contributed by atoms with Crippen molar-refractivity contribution in [2.24, 2.45) is 5.73 Å². The Morgan fingerprint density at radius 2 is 1.48 bits per heavy atom. The van der Waals surface area contributed by atoms with Crippen LogP contribution in [0.4, 0.5) is 10.5 Å². The lowest BCUT2D eigenvalue weighted by Crippen LogP contribution is -2.49. The zero-order valence-electron chi connectivity index (χ0n) is 29.8. The summed E-state index contributed by atoms with van der Waals surface area (Å²) in [6.07, 6.45) is -0.591. The van der Waals surface area contributed by atoms with Gasteiger partial charge in [0.1, 0.15) is 37.6 Å². The van der Waals surface area contributed by atoms with Gasteiger partial charge in [-0.25, -0.2) is 9.37 Å². The van der Waals surface area contributed by atoms with E-state index in [2.05, 4.69) is 135 Å². The number of carbonyl (C=O) groups is 1. The summed E-state index contributed by atoms with van der Waals surface area (Å²) in [6.45, 7) is 23.7. The molecule has 2 N–H and O–H groups in total. The van der Waals surface area contributed by atoms with E-state index < -0.39 is 6.16 Å². The molecule has 1 aliphatic heterocycles. The first kappa shape index (κ1) is 38.3. The molecule has 46 heavy (non-hydrogen) atoms. The van der Waals surface area contributed by atoms with Crippen molar-refractivity contribution in [3.8, 4) is 22.5 Å². The van der Waals surface area contributed by atoms with E-state index in [1.54, 1.807) is 0 Å². The van der Waals surface area contributed by atoms with E-state index in [-0.39, 0.29) is 0 Å². The van der Waals surface area contributed by atoms with Crippen LogP contribution in [0.1, 0.15) is 48.5 Å². The molecule has 0 aromatic heterocycles. The smallest absolute Gasteiger partial charge is 0.456 e. The van der Waals surface area contributed by atoms with E-state index in [0.29, 0.717) is 6.61 Å². The molecule has 0 bridgehead atoms. The van der Waals surface area contributed by atoms with Gasteiger partial charge in [-0.3, -0.25) is 0 Å². The van der Waals surface area contributed by atoms with Crippen molar-refractivity contribution in [1.29, 1.82) is 0 Å². The number of rotatable bonds is 12. The van der Waals surface area contributed by atoms with Crippen molar-refractivity contribution >= 4 is 22.8 Å². The monoisotopic (exact) mass is 634 g/mol. The number of anilines is 1. The number of methoxy groups -OCH3 is 1. The standard InChI is InChI=1S/C27H31N2O.C10H22NO3.CH5N/c1-5-28(6-2)21-14-16-23-25(18-21)30-26-19-22(29(7-3)8-4)15-17-24(26)27(23)20-12-10-9-11-13-20;1-5-11(6-2,7-3)8-9-14-10(12)13-4;1-2/h9-19H,5-8H2,1-4H3;5-9H2,1-4H3;2H2,1H3/q2*+1;. The van der Waals surface area contributed by atoms with Crippen LogP contribution in [0.2, 0.25) is 0 Å². The second-order valence-corrected chi connectivity index (χ2v) is 10.9. The summed E-state index contributed by atoms with van der Waals surface area (Å²) < 4.78 is 19.1. The van der Waals surface area contributed by atoms with Crippen molar-refractivity contribution in [1.82, 2.24) is 4.58 Å². The number of benzene rings is 3. The third kappa shape index (κ3) is 9.56. The zero-order valence-corrected chi connectivity index (χ0v) is 29.8. The van der Waals surface area contributed by atoms with Gasteiger partial charge in [0.05, 0.1) is 32.8 Å². The zero-order chi connectivity index (χ0) is 34.1. The minimum atomic E-state index is -0.591. The fourth-order valence-electron chi connectivity index (χ4n) is 5.88. The van der Waals surface area contributed by atoms with Crippen LogP contribution in [0.25, 0.3) is 33.4 Å². The van der Waals surface area contributed by atoms with Crippen molar-refractivity contribution < 1.29 is 23.2 Å². The van der Waals surface area contributed by atoms with Gasteiger partial charge >= 0.3 is 6.16 Å². The molecule has 0 spiro atoms. The summed E-state index contributed by atoms with van der Waals surface area (Å²) in [7, 11) is 2.82. The van der Waals surface area contributed by atoms with Crippen LogP contribution in [0.15, 0.2) is 71.1 Å². The molecule has 0 atom stereocenters. The Labute approximate surface area is 277 Å². The molecule has 1 heterocycles. The Morgan fingerprint density at radius 3 is 2.02 bits per heavy atom. The molecule has 0 amide bonds. The Kier molecular flexibility index (Phi) is 16.3. The highest BCUT2D eigenvalue weighted by atomic mass is 16.7. The number of quaternary nitrogens is 1. The second kappa shape index (κ2) is 19.6. The van der Waals surface area contributed by atoms with E-state index in [9.17, 15) is 4.79 Å². The number of ether oxygens (including phenoxy) is 2. The number of fused-ring (bicyclic) bond motifs is 2. The van der Waals surface area contributed by atoms with Gasteiger partial charge in [0.25, 0.3) is 0 Å². The minimum absolute atomic E-state index is 0.433. The lowest BCUT2D eigenvalue weighted by Gasteiger charge is -2.35. The Hall–Kier alpha value is -3.88. The third-order valence-corrected chi connectivity index (χ3v) is 8.97. The van der Waals surface area contributed by atoms with Gasteiger partial charge in [0.2, 0.25) is 5.36 Å². The molecule has 8 heteroatoms. The molecule has 1 aliphatic carbocycles. The molecule has 2 aromatic carbocycles. The Balaban J connectivity index is 0.000000390. The van der Waals surface area contributed by atoms with Crippen LogP contribution in [-0.4, -0.2) is 83.8 Å². The van der Waals surface area contributed by atoms with Crippen LogP contribution >= 0.6 is 0 Å². The molecule has 4 rings (SSSR count). The normalized spacial score (nSPS) is 10.8. The average molecular weight is 635 g/mol. The molecule has 0 saturated carbocycles. The van der Waals surface area contributed by atoms with E-state index in [1.807, 2.05) is 0 Å². The number of carbonyl (C=O) groups excluding carboxylic acids is 1. The van der Waals surface area contributed by atoms with Gasteiger partial charge in [0.15, 0.2) is 0 Å². The van der Waals surface area contributed by atoms with E-state index >= 15 is 0 Å². The summed E-state index contributed by atoms with van der Waals surface area (Å²) in [6, 6.07) is 23.9. The highest BCUT2D eigenvalue weighted by Crippen LogP contribution is 2.40. The van der Waals surface area contributed by atoms with Crippen molar-refractivity contribution in [3.63, 3.8) is 0 Å². The van der Waals surface area contributed by atoms with E-state index in [4.69, 9.17) is 9.15 Å². The number of likely N-dealkylation sites (N-methyl/N-ethyl adjacent to an activating group) is 1. The largest absolute Gasteiger partial charge is 0.508 e. The Bertz CT molecular complexity index is 1490. The summed E-state index contributed by atoms with van der Waals surface area (Å²) in [5.41, 5.74) is 10.2. The predicted molar refractivity (Wildman–Crippen MR) is 193 cm³/mol. The van der Waals surface area contributed by atoms with Crippen molar-refractivity contribution in [2.45, 2.75) is 48.5 Å². The molecule has 8 nitrogen and oxygen atoms in total. The molecule has 2 aromatic rings. The van der Waals surface area contributed by atoms with Crippen LogP contribution < -0.4 is 20.6 Å². The lowest BCUT2D eigenvalue weighted by molar-refractivity contribution is -0.923. The van der Waals surface area contributed by atoms with Gasteiger partial charge in [-0.05, 0) is 79.3 Å². The summed E-state index contributed by atoms with van der Waals surface area (Å²) in [5.74, 6) is 0.933. The lowest BCUT2D eigenvalue weighted by atomic mass is 9.93. The molecule has 0 radical (unpaired) electrons. The first-order valence-electron chi connectivity index (χ1n) is 16.9. The van der Waals surface area contributed by atoms with Crippen LogP contribution in [0.5, 0.6) is 0 Å². The fourth-order valence-corrected chi connectivity index (χ4v) is 5.88. The molecule has 2 aliphatic rings. The highest BCUT2D eigenvalue weighted by Gasteiger charge is 2.21. The molecular formula is C38H58N4O4+2. The van der Waals surface area contributed by atoms with E-state index in [1.165, 1.54) is 36.3 Å². The SMILES string of the molecule is CCN(CC)c1ccc2c(-c3ccccc3)c3ccc(=[N+](CC)CC)cc-3oc2c1.CC[N+](CC)(CC)CCOC(=O)OC.CN. The van der Waals surface area contributed by atoms with E-state index in [0.717, 1.165) is 79.1 Å². The van der Waals surface area contributed by atoms with Crippen molar-refractivity contribution in [3.05, 3.63) is 72.1 Å². The summed E-state index contributed by atoms with van der Waals surface area (Å²) >= 11 is 0. The maximum Gasteiger partial charge on any atom is 0.508 e. The second-order valence-electron chi connectivity index (χ2n) is 10.9. The minimum Gasteiger partial charge on any atom is -0.456 e. The van der Waals surface area contributed by atoms with Crippen LogP contribution in [0, 0.1) is 0 Å². The number of nitrogens with two attached hydrogens (primary N) is 1. The third-order valence-electron chi connectivity index (χ3n) is 8.97. The van der Waals surface area contributed by atoms with Crippen molar-refractivity contribution in [2.75, 3.05) is 78.0 Å². The molecular weight excluding hydrogens is 576 g/mol. The summed E-state index contributed by atoms with van der Waals surface area (Å²) in [5, 5.41) is 2.36. The van der Waals surface area contributed by atoms with Crippen LogP contribution in [0.3, 0.4) is 0 Å². The number of nitrogens with zero attached hydrogens (tertiary/aromatic N) is 3. The molecule has 252 valence electrons. The van der Waals surface area contributed by atoms with Gasteiger partial charge in [-0.15, -0.1) is 0 Å². The molecule has 0 unspecified atom stereocenters. The van der Waals surface area contributed by atoms with Gasteiger partial charge < -0.3 is 29.0 Å². The quantitative estimate of drug-likeness (QED) is 0.0776. The maximum absolute atomic E-state index is 10.7. The predicted octanol–water partition coefficient (Wildman–Crippen LogP) is 7.08. The topological polar surface area (TPSA) is 80.9 Å². The fraction of sp³-hybridized carbons (Fsp3) is 0.474. The van der Waals surface area contributed by atoms with Gasteiger partial charge in [-0.1, -0.05) is 30.3 Å². The van der Waals surface area contributed by atoms with Crippen LogP contribution in [-0.2, 0) is 9.47 Å². The maximum atomic E-state index is 10.7. The van der Waals surface area contributed by atoms with Gasteiger partial charge in [-0.2, -0.15) is 0 Å². The number of hydrogen-bond donors (Lipinski definition) is 1. The summed E-state index contributed by atoms with van der Waals surface area (Å²) in [4.78, 5) is 13.1. The number of hydrogen-bond acceptors (Lipinski definition) is 6. The van der Waals surface area contributed by atoms with Gasteiger partial charge in [0, 0.05) is 47.4 Å².